The van der Waals surface area contributed by atoms with Gasteiger partial charge in [-0.2, -0.15) is 0 Å². The van der Waals surface area contributed by atoms with Crippen molar-refractivity contribution in [2.24, 2.45) is 0 Å². The molecule has 0 saturated heterocycles. The molecular formula is C18H16ClNO6S. The summed E-state index contributed by atoms with van der Waals surface area (Å²) in [5, 5.41) is 9.11. The Hall–Kier alpha value is -2.42. The lowest BCUT2D eigenvalue weighted by molar-refractivity contribution is 0.0560. The monoisotopic (exact) mass is 409 g/mol. The number of carbonyl (C=O) groups excluding carboxylic acids is 1. The van der Waals surface area contributed by atoms with E-state index in [1.807, 2.05) is 0 Å². The Morgan fingerprint density at radius 2 is 1.78 bits per heavy atom. The molecule has 0 aromatic heterocycles. The Morgan fingerprint density at radius 1 is 1.11 bits per heavy atom. The topological polar surface area (TPSA) is 110 Å². The Bertz CT molecular complexity index is 987. The van der Waals surface area contributed by atoms with Crippen LogP contribution in [0.25, 0.3) is 0 Å². The number of hydrogen-bond acceptors (Lipinski definition) is 5. The number of Topliss-reactive ketones (excluding diaryl/α,β-unsaturated/α-hetero) is 1. The van der Waals surface area contributed by atoms with E-state index in [2.05, 4.69) is 4.72 Å². The number of carbonyl (C=O) groups is 2. The van der Waals surface area contributed by atoms with Crippen molar-refractivity contribution < 1.29 is 27.9 Å². The fourth-order valence-electron chi connectivity index (χ4n) is 2.94. The van der Waals surface area contributed by atoms with Gasteiger partial charge in [0.2, 0.25) is 10.0 Å². The van der Waals surface area contributed by atoms with Gasteiger partial charge in [0.1, 0.15) is 6.10 Å². The molecule has 2 aromatic rings. The third kappa shape index (κ3) is 4.65. The van der Waals surface area contributed by atoms with Crippen LogP contribution in [0.4, 0.5) is 4.79 Å². The maximum atomic E-state index is 12.4. The number of ketones is 1. The first-order chi connectivity index (χ1) is 12.7. The first-order valence-electron chi connectivity index (χ1n) is 8.04. The van der Waals surface area contributed by atoms with Crippen LogP contribution < -0.4 is 4.72 Å². The van der Waals surface area contributed by atoms with Crippen LogP contribution in [0, 0.1) is 0 Å². The van der Waals surface area contributed by atoms with E-state index in [-0.39, 0.29) is 4.90 Å². The predicted octanol–water partition coefficient (Wildman–Crippen LogP) is 2.66. The van der Waals surface area contributed by atoms with Crippen molar-refractivity contribution in [3.05, 3.63) is 64.2 Å². The van der Waals surface area contributed by atoms with Crippen molar-refractivity contribution >= 4 is 33.6 Å². The highest BCUT2D eigenvalue weighted by Gasteiger charge is 2.25. The van der Waals surface area contributed by atoms with E-state index in [0.717, 1.165) is 11.1 Å². The Kier molecular flexibility index (Phi) is 5.50. The van der Waals surface area contributed by atoms with E-state index in [1.54, 1.807) is 18.2 Å². The maximum Gasteiger partial charge on any atom is 0.506 e. The number of carboxylic acid groups (broad SMARTS) is 1. The smallest absolute Gasteiger partial charge is 0.450 e. The molecule has 142 valence electrons. The molecule has 0 amide bonds. The van der Waals surface area contributed by atoms with Crippen LogP contribution in [0.15, 0.2) is 47.4 Å². The van der Waals surface area contributed by atoms with Gasteiger partial charge in [0, 0.05) is 23.4 Å². The number of nitrogens with one attached hydrogen (secondary N) is 1. The Morgan fingerprint density at radius 3 is 2.44 bits per heavy atom. The van der Waals surface area contributed by atoms with E-state index in [9.17, 15) is 18.0 Å². The minimum Gasteiger partial charge on any atom is -0.450 e. The van der Waals surface area contributed by atoms with Gasteiger partial charge in [0.15, 0.2) is 5.78 Å². The van der Waals surface area contributed by atoms with Gasteiger partial charge in [-0.3, -0.25) is 4.79 Å². The molecule has 0 aliphatic heterocycles. The van der Waals surface area contributed by atoms with Crippen molar-refractivity contribution in [3.63, 3.8) is 0 Å². The highest BCUT2D eigenvalue weighted by molar-refractivity contribution is 7.89. The van der Waals surface area contributed by atoms with Gasteiger partial charge in [0.05, 0.1) is 11.4 Å². The summed E-state index contributed by atoms with van der Waals surface area (Å²) in [6, 6.07) is 10.6. The lowest BCUT2D eigenvalue weighted by Crippen LogP contribution is -2.29. The summed E-state index contributed by atoms with van der Waals surface area (Å²) in [4.78, 5) is 23.0. The number of ether oxygens (including phenoxy) is 1. The van der Waals surface area contributed by atoms with Crippen LogP contribution in [0.5, 0.6) is 0 Å². The first kappa shape index (κ1) is 19.3. The zero-order valence-corrected chi connectivity index (χ0v) is 15.6. The minimum atomic E-state index is -3.83. The van der Waals surface area contributed by atoms with Crippen LogP contribution in [0.1, 0.15) is 21.5 Å². The SMILES string of the molecule is O=C(O)OC1Cc2ccc(C(=O)CNS(=O)(=O)c3ccc(Cl)cc3)cc2C1. The Balaban J connectivity index is 1.66. The van der Waals surface area contributed by atoms with Gasteiger partial charge in [0.25, 0.3) is 0 Å². The number of rotatable bonds is 6. The highest BCUT2D eigenvalue weighted by Crippen LogP contribution is 2.25. The molecule has 1 atom stereocenters. The second-order valence-electron chi connectivity index (χ2n) is 6.10. The normalized spacial score (nSPS) is 16.0. The van der Waals surface area contributed by atoms with E-state index in [1.165, 1.54) is 24.3 Å². The van der Waals surface area contributed by atoms with Gasteiger partial charge >= 0.3 is 6.16 Å². The molecule has 1 aliphatic carbocycles. The van der Waals surface area contributed by atoms with Crippen molar-refractivity contribution in [2.75, 3.05) is 6.54 Å². The number of halogens is 1. The standard InChI is InChI=1S/C18H16ClNO6S/c19-14-3-5-16(6-4-14)27(24,25)20-10-17(21)12-2-1-11-8-15(26-18(22)23)9-13(11)7-12/h1-7,15,20H,8-10H2,(H,22,23). The second-order valence-corrected chi connectivity index (χ2v) is 8.30. The quantitative estimate of drug-likeness (QED) is 0.560. The predicted molar refractivity (Wildman–Crippen MR) is 97.7 cm³/mol. The third-order valence-corrected chi connectivity index (χ3v) is 5.91. The average Bonchev–Trinajstić information content (AvgIpc) is 3.00. The average molecular weight is 410 g/mol. The molecule has 0 spiro atoms. The molecule has 2 N–H and O–H groups in total. The van der Waals surface area contributed by atoms with Crippen LogP contribution in [0.3, 0.4) is 0 Å². The first-order valence-corrected chi connectivity index (χ1v) is 9.90. The number of benzene rings is 2. The lowest BCUT2D eigenvalue weighted by atomic mass is 10.0. The molecule has 3 rings (SSSR count). The van der Waals surface area contributed by atoms with Crippen LogP contribution in [0.2, 0.25) is 5.02 Å². The van der Waals surface area contributed by atoms with Crippen molar-refractivity contribution in [3.8, 4) is 0 Å². The van der Waals surface area contributed by atoms with Gasteiger partial charge in [-0.05, 0) is 41.5 Å². The molecule has 0 fully saturated rings. The molecule has 9 heteroatoms. The van der Waals surface area contributed by atoms with Crippen molar-refractivity contribution in [1.29, 1.82) is 0 Å². The number of fused-ring (bicyclic) bond motifs is 1. The molecule has 7 nitrogen and oxygen atoms in total. The highest BCUT2D eigenvalue weighted by atomic mass is 35.5. The molecule has 0 bridgehead atoms. The fourth-order valence-corrected chi connectivity index (χ4v) is 4.05. The summed E-state index contributed by atoms with van der Waals surface area (Å²) < 4.78 is 31.5. The van der Waals surface area contributed by atoms with E-state index in [4.69, 9.17) is 21.4 Å². The summed E-state index contributed by atoms with van der Waals surface area (Å²) >= 11 is 5.74. The summed E-state index contributed by atoms with van der Waals surface area (Å²) in [5.74, 6) is -0.391. The zero-order chi connectivity index (χ0) is 19.6. The molecule has 1 aliphatic rings. The molecule has 2 aromatic carbocycles. The molecule has 0 heterocycles. The van der Waals surface area contributed by atoms with Gasteiger partial charge < -0.3 is 9.84 Å². The maximum absolute atomic E-state index is 12.4. The molecule has 0 radical (unpaired) electrons. The van der Waals surface area contributed by atoms with Crippen LogP contribution >= 0.6 is 11.6 Å². The fraction of sp³-hybridized carbons (Fsp3) is 0.222. The molecular weight excluding hydrogens is 394 g/mol. The number of sulfonamides is 1. The third-order valence-electron chi connectivity index (χ3n) is 4.24. The Labute approximate surface area is 161 Å². The summed E-state index contributed by atoms with van der Waals surface area (Å²) in [6.45, 7) is -0.390. The lowest BCUT2D eigenvalue weighted by Gasteiger charge is -2.07. The second kappa shape index (κ2) is 7.67. The van der Waals surface area contributed by atoms with Crippen LogP contribution in [-0.4, -0.2) is 38.1 Å². The minimum absolute atomic E-state index is 0.0160. The van der Waals surface area contributed by atoms with Crippen molar-refractivity contribution in [1.82, 2.24) is 4.72 Å². The summed E-state index contributed by atoms with van der Waals surface area (Å²) in [6.07, 6.45) is -0.953. The zero-order valence-electron chi connectivity index (χ0n) is 14.0. The molecule has 0 saturated carbocycles. The molecule has 1 unspecified atom stereocenters. The molecule has 27 heavy (non-hydrogen) atoms. The largest absolute Gasteiger partial charge is 0.506 e. The van der Waals surface area contributed by atoms with Gasteiger partial charge in [-0.15, -0.1) is 0 Å². The van der Waals surface area contributed by atoms with E-state index < -0.39 is 34.6 Å². The van der Waals surface area contributed by atoms with E-state index in [0.29, 0.717) is 23.4 Å². The van der Waals surface area contributed by atoms with E-state index >= 15 is 0 Å². The van der Waals surface area contributed by atoms with Crippen LogP contribution in [-0.2, 0) is 27.6 Å². The summed E-state index contributed by atoms with van der Waals surface area (Å²) in [5.41, 5.74) is 2.09. The number of hydrogen-bond donors (Lipinski definition) is 2. The summed E-state index contributed by atoms with van der Waals surface area (Å²) in [7, 11) is -3.83. The van der Waals surface area contributed by atoms with Crippen molar-refractivity contribution in [2.45, 2.75) is 23.8 Å². The van der Waals surface area contributed by atoms with Gasteiger partial charge in [-0.25, -0.2) is 17.9 Å². The van der Waals surface area contributed by atoms with Gasteiger partial charge in [-0.1, -0.05) is 23.7 Å².